The second-order valence-corrected chi connectivity index (χ2v) is 6.57. The number of carbonyl (C=O) groups is 2. The van der Waals surface area contributed by atoms with Crippen molar-refractivity contribution in [3.05, 3.63) is 0 Å². The van der Waals surface area contributed by atoms with Gasteiger partial charge in [-0.1, -0.05) is 20.8 Å². The Balaban J connectivity index is 4.44. The number of hydrogen-bond donors (Lipinski definition) is 2. The molecule has 0 saturated heterocycles. The van der Waals surface area contributed by atoms with Crippen LogP contribution in [0.15, 0.2) is 0 Å². The second kappa shape index (κ2) is 8.24. The number of nitrogens with one attached hydrogen (secondary N) is 1. The molecule has 0 aromatic carbocycles. The van der Waals surface area contributed by atoms with Gasteiger partial charge in [0.05, 0.1) is 6.42 Å². The van der Waals surface area contributed by atoms with Gasteiger partial charge in [-0.2, -0.15) is 0 Å². The van der Waals surface area contributed by atoms with Gasteiger partial charge in [0, 0.05) is 22.1 Å². The zero-order valence-electron chi connectivity index (χ0n) is 11.4. The maximum Gasteiger partial charge on any atom is 0.304 e. The first kappa shape index (κ1) is 17.1. The third-order valence-electron chi connectivity index (χ3n) is 2.91. The molecule has 18 heavy (non-hydrogen) atoms. The molecule has 0 aromatic heterocycles. The van der Waals surface area contributed by atoms with Crippen LogP contribution in [-0.4, -0.2) is 37.7 Å². The van der Waals surface area contributed by atoms with E-state index in [-0.39, 0.29) is 18.4 Å². The van der Waals surface area contributed by atoms with Gasteiger partial charge in [0.1, 0.15) is 5.25 Å². The third-order valence-corrected chi connectivity index (χ3v) is 4.78. The lowest BCUT2D eigenvalue weighted by Crippen LogP contribution is -2.43. The SMILES string of the molecule is CCC(CC)NC(=O)C(C)S(=O)C(C)CC(=O)O. The predicted molar refractivity (Wildman–Crippen MR) is 71.8 cm³/mol. The highest BCUT2D eigenvalue weighted by atomic mass is 32.2. The molecule has 0 aliphatic carbocycles. The van der Waals surface area contributed by atoms with Crippen molar-refractivity contribution >= 4 is 22.7 Å². The molecule has 0 saturated carbocycles. The van der Waals surface area contributed by atoms with E-state index in [9.17, 15) is 13.8 Å². The van der Waals surface area contributed by atoms with Gasteiger partial charge in [-0.25, -0.2) is 0 Å². The lowest BCUT2D eigenvalue weighted by molar-refractivity contribution is -0.137. The van der Waals surface area contributed by atoms with Crippen molar-refractivity contribution in [2.24, 2.45) is 0 Å². The van der Waals surface area contributed by atoms with E-state index in [0.717, 1.165) is 12.8 Å². The molecular formula is C12H23NO4S. The molecule has 0 bridgehead atoms. The average molecular weight is 277 g/mol. The minimum Gasteiger partial charge on any atom is -0.481 e. The summed E-state index contributed by atoms with van der Waals surface area (Å²) in [4.78, 5) is 22.4. The monoisotopic (exact) mass is 277 g/mol. The molecule has 106 valence electrons. The second-order valence-electron chi connectivity index (χ2n) is 4.40. The molecule has 0 spiro atoms. The standard InChI is InChI=1S/C12H23NO4S/c1-5-10(6-2)13-12(16)9(4)18(17)8(3)7-11(14)15/h8-10H,5-7H2,1-4H3,(H,13,16)(H,14,15). The third kappa shape index (κ3) is 5.62. The summed E-state index contributed by atoms with van der Waals surface area (Å²) in [5.74, 6) is -1.26. The molecule has 1 amide bonds. The Morgan fingerprint density at radius 2 is 1.72 bits per heavy atom. The van der Waals surface area contributed by atoms with Gasteiger partial charge in [-0.3, -0.25) is 13.8 Å². The fourth-order valence-electron chi connectivity index (χ4n) is 1.59. The Hall–Kier alpha value is -0.910. The van der Waals surface area contributed by atoms with Crippen molar-refractivity contribution in [2.45, 2.75) is 63.5 Å². The van der Waals surface area contributed by atoms with E-state index in [0.29, 0.717) is 0 Å². The van der Waals surface area contributed by atoms with Crippen LogP contribution in [0.4, 0.5) is 0 Å². The van der Waals surface area contributed by atoms with Crippen LogP contribution in [0.2, 0.25) is 0 Å². The molecule has 0 rings (SSSR count). The van der Waals surface area contributed by atoms with Gasteiger partial charge in [0.15, 0.2) is 0 Å². The van der Waals surface area contributed by atoms with Gasteiger partial charge < -0.3 is 10.4 Å². The molecule has 0 radical (unpaired) electrons. The van der Waals surface area contributed by atoms with E-state index < -0.39 is 27.3 Å². The molecule has 0 fully saturated rings. The maximum absolute atomic E-state index is 12.0. The van der Waals surface area contributed by atoms with Crippen LogP contribution in [0.25, 0.3) is 0 Å². The van der Waals surface area contributed by atoms with Crippen LogP contribution in [0.3, 0.4) is 0 Å². The molecule has 3 atom stereocenters. The Morgan fingerprint density at radius 1 is 1.22 bits per heavy atom. The van der Waals surface area contributed by atoms with Gasteiger partial charge in [0.2, 0.25) is 5.91 Å². The normalized spacial score (nSPS) is 16.1. The highest BCUT2D eigenvalue weighted by Gasteiger charge is 2.26. The van der Waals surface area contributed by atoms with Gasteiger partial charge >= 0.3 is 5.97 Å². The Labute approximate surface area is 111 Å². The summed E-state index contributed by atoms with van der Waals surface area (Å²) >= 11 is 0. The number of carboxylic acid groups (broad SMARTS) is 1. The zero-order chi connectivity index (χ0) is 14.3. The maximum atomic E-state index is 12.0. The van der Waals surface area contributed by atoms with Gasteiger partial charge in [0.25, 0.3) is 0 Å². The van der Waals surface area contributed by atoms with Crippen LogP contribution in [0.1, 0.15) is 47.0 Å². The summed E-state index contributed by atoms with van der Waals surface area (Å²) in [5, 5.41) is 10.3. The fourth-order valence-corrected chi connectivity index (χ4v) is 2.88. The fraction of sp³-hybridized carbons (Fsp3) is 0.833. The average Bonchev–Trinajstić information content (AvgIpc) is 2.32. The highest BCUT2D eigenvalue weighted by Crippen LogP contribution is 2.09. The highest BCUT2D eigenvalue weighted by molar-refractivity contribution is 7.87. The molecule has 0 aromatic rings. The molecule has 0 heterocycles. The number of aliphatic carboxylic acids is 1. The van der Waals surface area contributed by atoms with Crippen LogP contribution in [0, 0.1) is 0 Å². The van der Waals surface area contributed by atoms with Crippen molar-refractivity contribution in [3.8, 4) is 0 Å². The molecule has 5 nitrogen and oxygen atoms in total. The molecule has 0 aliphatic heterocycles. The number of rotatable bonds is 8. The van der Waals surface area contributed by atoms with Crippen LogP contribution < -0.4 is 5.32 Å². The van der Waals surface area contributed by atoms with E-state index in [1.54, 1.807) is 13.8 Å². The molecule has 6 heteroatoms. The summed E-state index contributed by atoms with van der Waals surface area (Å²) in [6.45, 7) is 7.11. The smallest absolute Gasteiger partial charge is 0.304 e. The van der Waals surface area contributed by atoms with Crippen LogP contribution in [0.5, 0.6) is 0 Å². The first-order valence-electron chi connectivity index (χ1n) is 6.24. The first-order chi connectivity index (χ1) is 8.33. The Kier molecular flexibility index (Phi) is 7.82. The summed E-state index contributed by atoms with van der Waals surface area (Å²) in [6.07, 6.45) is 1.47. The summed E-state index contributed by atoms with van der Waals surface area (Å²) in [7, 11) is -1.47. The van der Waals surface area contributed by atoms with E-state index in [2.05, 4.69) is 5.32 Å². The zero-order valence-corrected chi connectivity index (χ0v) is 12.3. The summed E-state index contributed by atoms with van der Waals surface area (Å²) in [6, 6.07) is 0.0896. The van der Waals surface area contributed by atoms with Crippen molar-refractivity contribution in [1.82, 2.24) is 5.32 Å². The van der Waals surface area contributed by atoms with E-state index in [1.807, 2.05) is 13.8 Å². The van der Waals surface area contributed by atoms with Crippen molar-refractivity contribution in [1.29, 1.82) is 0 Å². The van der Waals surface area contributed by atoms with Gasteiger partial charge in [-0.05, 0) is 19.8 Å². The van der Waals surface area contributed by atoms with E-state index in [4.69, 9.17) is 5.11 Å². The van der Waals surface area contributed by atoms with Crippen LogP contribution in [-0.2, 0) is 20.4 Å². The minimum atomic E-state index is -1.47. The largest absolute Gasteiger partial charge is 0.481 e. The topological polar surface area (TPSA) is 83.5 Å². The number of carbonyl (C=O) groups excluding carboxylic acids is 1. The van der Waals surface area contributed by atoms with Gasteiger partial charge in [-0.15, -0.1) is 0 Å². The first-order valence-corrected chi connectivity index (χ1v) is 7.52. The van der Waals surface area contributed by atoms with Crippen molar-refractivity contribution in [2.75, 3.05) is 0 Å². The molecular weight excluding hydrogens is 254 g/mol. The number of carboxylic acids is 1. The predicted octanol–water partition coefficient (Wildman–Crippen LogP) is 1.29. The van der Waals surface area contributed by atoms with Crippen molar-refractivity contribution < 1.29 is 18.9 Å². The number of amides is 1. The van der Waals surface area contributed by atoms with E-state index >= 15 is 0 Å². The van der Waals surface area contributed by atoms with Crippen molar-refractivity contribution in [3.63, 3.8) is 0 Å². The van der Waals surface area contributed by atoms with E-state index in [1.165, 1.54) is 0 Å². The quantitative estimate of drug-likeness (QED) is 0.700. The number of hydrogen-bond acceptors (Lipinski definition) is 3. The molecule has 3 unspecified atom stereocenters. The summed E-state index contributed by atoms with van der Waals surface area (Å²) < 4.78 is 12.0. The lowest BCUT2D eigenvalue weighted by Gasteiger charge is -2.20. The molecule has 0 aliphatic rings. The molecule has 2 N–H and O–H groups in total. The lowest BCUT2D eigenvalue weighted by atomic mass is 10.2. The Morgan fingerprint density at radius 3 is 2.11 bits per heavy atom. The Bertz CT molecular complexity index is 315. The summed E-state index contributed by atoms with van der Waals surface area (Å²) in [5.41, 5.74) is 0. The van der Waals surface area contributed by atoms with Crippen LogP contribution >= 0.6 is 0 Å². The minimum absolute atomic E-state index is 0.0896.